The van der Waals surface area contributed by atoms with Gasteiger partial charge >= 0.3 is 0 Å². The molecule has 1 aromatic carbocycles. The molecule has 3 nitrogen and oxygen atoms in total. The molecular weight excluding hydrogens is 315 g/mol. The number of nitrogens with one attached hydrogen (secondary N) is 1. The van der Waals surface area contributed by atoms with Crippen molar-refractivity contribution in [3.8, 4) is 0 Å². The first kappa shape index (κ1) is 15.3. The van der Waals surface area contributed by atoms with E-state index in [-0.39, 0.29) is 11.3 Å². The van der Waals surface area contributed by atoms with Gasteiger partial charge in [0.25, 0.3) is 5.91 Å². The van der Waals surface area contributed by atoms with Crippen molar-refractivity contribution in [3.05, 3.63) is 44.9 Å². The Labute approximate surface area is 131 Å². The van der Waals surface area contributed by atoms with Crippen LogP contribution in [0.1, 0.15) is 36.8 Å². The predicted octanol–water partition coefficient (Wildman–Crippen LogP) is 5.00. The summed E-state index contributed by atoms with van der Waals surface area (Å²) < 4.78 is 0. The highest BCUT2D eigenvalue weighted by Gasteiger charge is 2.19. The normalized spacial score (nSPS) is 11.4. The number of hydrogen-bond acceptors (Lipinski definition) is 3. The molecule has 2 aromatic rings. The summed E-state index contributed by atoms with van der Waals surface area (Å²) in [6, 6.07) is 4.78. The molecule has 0 aliphatic carbocycles. The molecule has 1 amide bonds. The lowest BCUT2D eigenvalue weighted by molar-refractivity contribution is 0.102. The number of amides is 1. The number of thiazole rings is 1. The van der Waals surface area contributed by atoms with Crippen LogP contribution in [-0.2, 0) is 5.41 Å². The quantitative estimate of drug-likeness (QED) is 0.842. The van der Waals surface area contributed by atoms with Gasteiger partial charge in [0.15, 0.2) is 5.13 Å². The second kappa shape index (κ2) is 5.72. The minimum absolute atomic E-state index is 0.0484. The molecular formula is C14H14Cl2N2OS. The number of benzene rings is 1. The minimum Gasteiger partial charge on any atom is -0.298 e. The van der Waals surface area contributed by atoms with E-state index in [1.807, 2.05) is 5.38 Å². The molecule has 1 aromatic heterocycles. The number of halogens is 2. The van der Waals surface area contributed by atoms with Crippen LogP contribution in [0.25, 0.3) is 0 Å². The summed E-state index contributed by atoms with van der Waals surface area (Å²) in [6.45, 7) is 6.21. The van der Waals surface area contributed by atoms with Crippen LogP contribution < -0.4 is 5.32 Å². The van der Waals surface area contributed by atoms with Gasteiger partial charge in [0.1, 0.15) is 0 Å². The maximum Gasteiger partial charge on any atom is 0.259 e. The Bertz CT molecular complexity index is 647. The van der Waals surface area contributed by atoms with E-state index >= 15 is 0 Å². The van der Waals surface area contributed by atoms with Crippen molar-refractivity contribution in [2.75, 3.05) is 5.32 Å². The molecule has 6 heteroatoms. The van der Waals surface area contributed by atoms with E-state index in [4.69, 9.17) is 23.2 Å². The summed E-state index contributed by atoms with van der Waals surface area (Å²) in [6.07, 6.45) is 0. The van der Waals surface area contributed by atoms with Crippen LogP contribution in [0.15, 0.2) is 23.6 Å². The standard InChI is InChI=1S/C14H14Cl2N2OS/c1-14(2,3)11-7-20-13(17-11)18-12(19)9-6-8(15)4-5-10(9)16/h4-7H,1-3H3,(H,17,18,19). The summed E-state index contributed by atoms with van der Waals surface area (Å²) in [5, 5.41) is 6.06. The molecule has 0 radical (unpaired) electrons. The molecule has 0 unspecified atom stereocenters. The summed E-state index contributed by atoms with van der Waals surface area (Å²) in [5.41, 5.74) is 1.23. The van der Waals surface area contributed by atoms with Crippen LogP contribution in [0, 0.1) is 0 Å². The van der Waals surface area contributed by atoms with Gasteiger partial charge in [0.05, 0.1) is 16.3 Å². The lowest BCUT2D eigenvalue weighted by Crippen LogP contribution is -2.14. The van der Waals surface area contributed by atoms with Gasteiger partial charge in [-0.25, -0.2) is 4.98 Å². The van der Waals surface area contributed by atoms with Crippen molar-refractivity contribution in [1.29, 1.82) is 0 Å². The van der Waals surface area contributed by atoms with Crippen molar-refractivity contribution in [1.82, 2.24) is 4.98 Å². The van der Waals surface area contributed by atoms with Crippen LogP contribution in [0.5, 0.6) is 0 Å². The van der Waals surface area contributed by atoms with Crippen LogP contribution >= 0.6 is 34.5 Å². The SMILES string of the molecule is CC(C)(C)c1csc(NC(=O)c2cc(Cl)ccc2Cl)n1. The van der Waals surface area contributed by atoms with E-state index in [0.29, 0.717) is 20.7 Å². The van der Waals surface area contributed by atoms with Gasteiger partial charge < -0.3 is 0 Å². The minimum atomic E-state index is -0.313. The van der Waals surface area contributed by atoms with Crippen LogP contribution in [0.4, 0.5) is 5.13 Å². The maximum atomic E-state index is 12.2. The van der Waals surface area contributed by atoms with Gasteiger partial charge in [-0.05, 0) is 18.2 Å². The summed E-state index contributed by atoms with van der Waals surface area (Å²) in [4.78, 5) is 16.6. The highest BCUT2D eigenvalue weighted by Crippen LogP contribution is 2.27. The zero-order valence-electron chi connectivity index (χ0n) is 11.3. The Morgan fingerprint density at radius 3 is 2.60 bits per heavy atom. The molecule has 0 aliphatic rings. The van der Waals surface area contributed by atoms with Gasteiger partial charge in [-0.1, -0.05) is 44.0 Å². The molecule has 0 spiro atoms. The maximum absolute atomic E-state index is 12.2. The topological polar surface area (TPSA) is 42.0 Å². The fourth-order valence-corrected chi connectivity index (χ4v) is 2.82. The molecule has 0 saturated carbocycles. The van der Waals surface area contributed by atoms with Gasteiger partial charge in [-0.2, -0.15) is 0 Å². The third-order valence-electron chi connectivity index (χ3n) is 2.67. The fraction of sp³-hybridized carbons (Fsp3) is 0.286. The van der Waals surface area contributed by atoms with E-state index in [9.17, 15) is 4.79 Å². The Balaban J connectivity index is 2.20. The van der Waals surface area contributed by atoms with Crippen LogP contribution in [0.2, 0.25) is 10.0 Å². The van der Waals surface area contributed by atoms with E-state index in [1.165, 1.54) is 17.4 Å². The summed E-state index contributed by atoms with van der Waals surface area (Å²) in [7, 11) is 0. The van der Waals surface area contributed by atoms with Gasteiger partial charge in [-0.15, -0.1) is 11.3 Å². The number of rotatable bonds is 2. The molecule has 0 fully saturated rings. The lowest BCUT2D eigenvalue weighted by atomic mass is 9.93. The second-order valence-corrected chi connectivity index (χ2v) is 7.07. The Kier molecular flexibility index (Phi) is 4.37. The third-order valence-corrected chi connectivity index (χ3v) is 3.99. The Morgan fingerprint density at radius 1 is 1.30 bits per heavy atom. The van der Waals surface area contributed by atoms with Gasteiger partial charge in [-0.3, -0.25) is 10.1 Å². The summed E-state index contributed by atoms with van der Waals surface area (Å²) >= 11 is 13.3. The zero-order valence-corrected chi connectivity index (χ0v) is 13.7. The van der Waals surface area contributed by atoms with Crippen molar-refractivity contribution in [2.24, 2.45) is 0 Å². The number of nitrogens with zero attached hydrogens (tertiary/aromatic N) is 1. The molecule has 106 valence electrons. The lowest BCUT2D eigenvalue weighted by Gasteiger charge is -2.14. The number of hydrogen-bond donors (Lipinski definition) is 1. The molecule has 0 atom stereocenters. The number of aromatic nitrogens is 1. The van der Waals surface area contributed by atoms with E-state index in [2.05, 4.69) is 31.1 Å². The monoisotopic (exact) mass is 328 g/mol. The molecule has 0 aliphatic heterocycles. The fourth-order valence-electron chi connectivity index (χ4n) is 1.51. The average Bonchev–Trinajstić information content (AvgIpc) is 2.80. The largest absolute Gasteiger partial charge is 0.298 e. The smallest absolute Gasteiger partial charge is 0.259 e. The van der Waals surface area contributed by atoms with Crippen LogP contribution in [-0.4, -0.2) is 10.9 Å². The number of anilines is 1. The van der Waals surface area contributed by atoms with Crippen LogP contribution in [0.3, 0.4) is 0 Å². The van der Waals surface area contributed by atoms with Crippen molar-refractivity contribution >= 4 is 45.6 Å². The molecule has 0 saturated heterocycles. The van der Waals surface area contributed by atoms with E-state index in [1.54, 1.807) is 12.1 Å². The molecule has 1 N–H and O–H groups in total. The van der Waals surface area contributed by atoms with E-state index in [0.717, 1.165) is 5.69 Å². The zero-order chi connectivity index (χ0) is 14.9. The van der Waals surface area contributed by atoms with Crippen molar-refractivity contribution in [2.45, 2.75) is 26.2 Å². The first-order chi connectivity index (χ1) is 9.27. The Morgan fingerprint density at radius 2 is 2.00 bits per heavy atom. The van der Waals surface area contributed by atoms with Gasteiger partial charge in [0, 0.05) is 15.8 Å². The number of carbonyl (C=O) groups excluding carboxylic acids is 1. The van der Waals surface area contributed by atoms with E-state index < -0.39 is 0 Å². The average molecular weight is 329 g/mol. The first-order valence-corrected chi connectivity index (χ1v) is 7.63. The highest BCUT2D eigenvalue weighted by molar-refractivity contribution is 7.14. The third kappa shape index (κ3) is 3.51. The predicted molar refractivity (Wildman–Crippen MR) is 85.2 cm³/mol. The highest BCUT2D eigenvalue weighted by atomic mass is 35.5. The molecule has 20 heavy (non-hydrogen) atoms. The Hall–Kier alpha value is -1.10. The molecule has 1 heterocycles. The summed E-state index contributed by atoms with van der Waals surface area (Å²) in [5.74, 6) is -0.313. The van der Waals surface area contributed by atoms with Gasteiger partial charge in [0.2, 0.25) is 0 Å². The molecule has 0 bridgehead atoms. The second-order valence-electron chi connectivity index (χ2n) is 5.37. The van der Waals surface area contributed by atoms with Crippen molar-refractivity contribution < 1.29 is 4.79 Å². The molecule has 2 rings (SSSR count). The number of carbonyl (C=O) groups is 1. The van der Waals surface area contributed by atoms with Crippen molar-refractivity contribution in [3.63, 3.8) is 0 Å². The first-order valence-electron chi connectivity index (χ1n) is 6.00.